The Kier molecular flexibility index (Phi) is 9.86. The molecular formula is C38H42N8O10. The normalized spacial score (nSPS) is 19.9. The van der Waals surface area contributed by atoms with E-state index in [0.29, 0.717) is 72.0 Å². The monoisotopic (exact) mass is 770 g/mol. The molecule has 3 aromatic rings. The Bertz CT molecular complexity index is 2150. The SMILES string of the molecule is COC(=O)NC(=O)N1CCC[C@@H]1C1=NCC(c2ccc(-c3ccc(-c4cnc([C@H]5CCCN5C(=O)[C@@H](NC(=O)OC)C(C)C)[nH]4)c4c3OCO4)c3c2OCO3)=N1. The molecule has 0 bridgehead atoms. The second kappa shape index (κ2) is 15.1. The number of H-pyrrole nitrogens is 1. The molecule has 0 aliphatic carbocycles. The second-order valence-electron chi connectivity index (χ2n) is 14.2. The summed E-state index contributed by atoms with van der Waals surface area (Å²) in [6.45, 7) is 5.07. The van der Waals surface area contributed by atoms with Crippen molar-refractivity contribution in [1.29, 1.82) is 0 Å². The van der Waals surface area contributed by atoms with Crippen LogP contribution < -0.4 is 29.6 Å². The number of aromatic nitrogens is 2. The number of nitrogens with one attached hydrogen (secondary N) is 3. The molecule has 0 saturated carbocycles. The number of imide groups is 1. The first-order valence-corrected chi connectivity index (χ1v) is 18.5. The van der Waals surface area contributed by atoms with E-state index in [0.717, 1.165) is 35.1 Å². The zero-order valence-electron chi connectivity index (χ0n) is 31.4. The highest BCUT2D eigenvalue weighted by molar-refractivity contribution is 6.16. The predicted octanol–water partition coefficient (Wildman–Crippen LogP) is 4.39. The number of methoxy groups -OCH3 is 2. The zero-order valence-corrected chi connectivity index (χ0v) is 31.4. The molecule has 0 unspecified atom stereocenters. The highest BCUT2D eigenvalue weighted by atomic mass is 16.7. The number of rotatable bonds is 8. The highest BCUT2D eigenvalue weighted by Gasteiger charge is 2.39. The summed E-state index contributed by atoms with van der Waals surface area (Å²) in [6.07, 6.45) is 3.16. The Morgan fingerprint density at radius 3 is 2.05 bits per heavy atom. The van der Waals surface area contributed by atoms with Crippen LogP contribution >= 0.6 is 0 Å². The number of aromatic amines is 1. The van der Waals surface area contributed by atoms with Crippen LogP contribution in [0.2, 0.25) is 0 Å². The van der Waals surface area contributed by atoms with Crippen molar-refractivity contribution in [2.75, 3.05) is 47.4 Å². The van der Waals surface area contributed by atoms with Gasteiger partial charge in [0.1, 0.15) is 17.7 Å². The number of alkyl carbamates (subject to hydrolysis) is 2. The van der Waals surface area contributed by atoms with Crippen molar-refractivity contribution in [3.05, 3.63) is 41.9 Å². The molecule has 2 aromatic carbocycles. The van der Waals surface area contributed by atoms with Gasteiger partial charge in [0.25, 0.3) is 0 Å². The summed E-state index contributed by atoms with van der Waals surface area (Å²) in [5, 5.41) is 4.90. The van der Waals surface area contributed by atoms with Gasteiger partial charge >= 0.3 is 18.2 Å². The molecule has 3 N–H and O–H groups in total. The molecule has 0 radical (unpaired) electrons. The Labute approximate surface area is 321 Å². The van der Waals surface area contributed by atoms with E-state index in [1.807, 2.05) is 38.1 Å². The van der Waals surface area contributed by atoms with Gasteiger partial charge in [0.05, 0.1) is 50.5 Å². The number of imidazole rings is 1. The third-order valence-corrected chi connectivity index (χ3v) is 10.6. The molecule has 0 spiro atoms. The van der Waals surface area contributed by atoms with Gasteiger partial charge in [-0.15, -0.1) is 0 Å². The number of likely N-dealkylation sites (tertiary alicyclic amines) is 2. The molecule has 18 nitrogen and oxygen atoms in total. The van der Waals surface area contributed by atoms with Crippen molar-refractivity contribution in [1.82, 2.24) is 30.4 Å². The number of ether oxygens (including phenoxy) is 6. The summed E-state index contributed by atoms with van der Waals surface area (Å²) in [5.41, 5.74) is 4.30. The van der Waals surface area contributed by atoms with Gasteiger partial charge in [-0.2, -0.15) is 0 Å². The van der Waals surface area contributed by atoms with Crippen LogP contribution in [0.15, 0.2) is 40.4 Å². The molecular weight excluding hydrogens is 728 g/mol. The number of fused-ring (bicyclic) bond motifs is 2. The molecule has 6 heterocycles. The summed E-state index contributed by atoms with van der Waals surface area (Å²) in [6, 6.07) is 5.72. The summed E-state index contributed by atoms with van der Waals surface area (Å²) in [4.78, 5) is 71.0. The van der Waals surface area contributed by atoms with Crippen LogP contribution in [0.1, 0.15) is 57.0 Å². The summed E-state index contributed by atoms with van der Waals surface area (Å²) in [7, 11) is 2.47. The van der Waals surface area contributed by atoms with Gasteiger partial charge < -0.3 is 48.5 Å². The molecule has 2 fully saturated rings. The van der Waals surface area contributed by atoms with Crippen molar-refractivity contribution < 1.29 is 47.6 Å². The van der Waals surface area contributed by atoms with E-state index >= 15 is 0 Å². The quantitative estimate of drug-likeness (QED) is 0.293. The van der Waals surface area contributed by atoms with Crippen LogP contribution in [0.5, 0.6) is 23.0 Å². The summed E-state index contributed by atoms with van der Waals surface area (Å²) < 4.78 is 33.5. The van der Waals surface area contributed by atoms with Crippen LogP contribution in [0, 0.1) is 5.92 Å². The van der Waals surface area contributed by atoms with Gasteiger partial charge in [0.15, 0.2) is 23.0 Å². The van der Waals surface area contributed by atoms with E-state index in [1.165, 1.54) is 14.2 Å². The fourth-order valence-corrected chi connectivity index (χ4v) is 7.87. The lowest BCUT2D eigenvalue weighted by Crippen LogP contribution is -2.51. The fraction of sp³-hybridized carbons (Fsp3) is 0.447. The fourth-order valence-electron chi connectivity index (χ4n) is 7.87. The van der Waals surface area contributed by atoms with E-state index in [4.69, 9.17) is 33.7 Å². The topological polar surface area (TPSA) is 208 Å². The van der Waals surface area contributed by atoms with Gasteiger partial charge in [-0.05, 0) is 55.9 Å². The number of hydrogen-bond donors (Lipinski definition) is 3. The lowest BCUT2D eigenvalue weighted by Gasteiger charge is -2.30. The molecule has 18 heteroatoms. The minimum Gasteiger partial charge on any atom is -0.453 e. The van der Waals surface area contributed by atoms with Crippen LogP contribution in [-0.2, 0) is 14.3 Å². The Balaban J connectivity index is 1.04. The van der Waals surface area contributed by atoms with Crippen molar-refractivity contribution in [3.8, 4) is 45.4 Å². The van der Waals surface area contributed by atoms with Crippen molar-refractivity contribution in [2.24, 2.45) is 15.9 Å². The molecule has 5 amide bonds. The number of carbonyl (C=O) groups excluding carboxylic acids is 4. The number of amides is 5. The van der Waals surface area contributed by atoms with E-state index in [2.05, 4.69) is 25.3 Å². The highest BCUT2D eigenvalue weighted by Crippen LogP contribution is 2.52. The Hall–Kier alpha value is -6.33. The maximum Gasteiger partial charge on any atom is 0.415 e. The maximum absolute atomic E-state index is 13.7. The minimum atomic E-state index is -0.826. The van der Waals surface area contributed by atoms with E-state index in [-0.39, 0.29) is 44.0 Å². The van der Waals surface area contributed by atoms with Crippen molar-refractivity contribution in [2.45, 2.75) is 57.7 Å². The molecule has 56 heavy (non-hydrogen) atoms. The lowest BCUT2D eigenvalue weighted by atomic mass is 9.96. The van der Waals surface area contributed by atoms with Crippen LogP contribution in [0.25, 0.3) is 22.4 Å². The Morgan fingerprint density at radius 1 is 0.804 bits per heavy atom. The number of hydrogen-bond acceptors (Lipinski definition) is 13. The second-order valence-corrected chi connectivity index (χ2v) is 14.2. The first kappa shape index (κ1) is 36.6. The molecule has 5 aliphatic rings. The van der Waals surface area contributed by atoms with Crippen LogP contribution in [0.4, 0.5) is 14.4 Å². The molecule has 2 saturated heterocycles. The average molecular weight is 771 g/mol. The Morgan fingerprint density at radius 2 is 1.39 bits per heavy atom. The number of benzene rings is 2. The predicted molar refractivity (Wildman–Crippen MR) is 199 cm³/mol. The molecule has 3 atom stereocenters. The van der Waals surface area contributed by atoms with Crippen LogP contribution in [-0.4, -0.2) is 115 Å². The average Bonchev–Trinajstić information content (AvgIpc) is 4.05. The van der Waals surface area contributed by atoms with Gasteiger partial charge in [-0.25, -0.2) is 29.7 Å². The van der Waals surface area contributed by atoms with Gasteiger partial charge in [0.2, 0.25) is 19.5 Å². The number of carbonyl (C=O) groups is 4. The third kappa shape index (κ3) is 6.57. The van der Waals surface area contributed by atoms with Gasteiger partial charge in [-0.1, -0.05) is 13.8 Å². The molecule has 5 aliphatic heterocycles. The lowest BCUT2D eigenvalue weighted by molar-refractivity contribution is -0.135. The third-order valence-electron chi connectivity index (χ3n) is 10.6. The zero-order chi connectivity index (χ0) is 39.1. The van der Waals surface area contributed by atoms with Crippen molar-refractivity contribution >= 4 is 35.7 Å². The minimum absolute atomic E-state index is 0.0103. The van der Waals surface area contributed by atoms with Gasteiger partial charge in [-0.3, -0.25) is 9.79 Å². The van der Waals surface area contributed by atoms with Crippen LogP contribution in [0.3, 0.4) is 0 Å². The summed E-state index contributed by atoms with van der Waals surface area (Å²) >= 11 is 0. The summed E-state index contributed by atoms with van der Waals surface area (Å²) in [5.74, 6) is 2.93. The van der Waals surface area contributed by atoms with Crippen molar-refractivity contribution in [3.63, 3.8) is 0 Å². The molecule has 1 aromatic heterocycles. The van der Waals surface area contributed by atoms with E-state index in [1.54, 1.807) is 16.0 Å². The molecule has 8 rings (SSSR count). The number of aliphatic imine (C=N–C) groups is 2. The van der Waals surface area contributed by atoms with E-state index < -0.39 is 24.3 Å². The van der Waals surface area contributed by atoms with Gasteiger partial charge in [0, 0.05) is 35.3 Å². The first-order valence-electron chi connectivity index (χ1n) is 18.5. The number of amidine groups is 1. The maximum atomic E-state index is 13.7. The standard InChI is InChI=1S/C38H42N8O10/c1-19(2)28(43-37(49)51-3)35(47)45-13-5-7-26(45)33-39-15-24(41-33)22-11-9-20(29-31(22)55-17-53-29)21-10-12-23(32-30(21)54-18-56-32)25-16-40-34(42-25)27-8-6-14-46(27)36(48)44-38(50)52-4/h9-12,15,19,26-28H,5-8,13-14,16-18H2,1-4H3,(H,39,41)(H,43,49)(H,44,48,50)/t26-,27-,28+/m1/s1. The number of urea groups is 1. The van der Waals surface area contributed by atoms with E-state index in [9.17, 15) is 19.2 Å². The molecule has 294 valence electrons. The largest absolute Gasteiger partial charge is 0.453 e. The smallest absolute Gasteiger partial charge is 0.415 e. The first-order chi connectivity index (χ1) is 27.2. The number of nitrogens with zero attached hydrogens (tertiary/aromatic N) is 5.